The molecule has 3 aromatic rings. The van der Waals surface area contributed by atoms with Crippen molar-refractivity contribution in [2.24, 2.45) is 7.05 Å². The van der Waals surface area contributed by atoms with E-state index in [-0.39, 0.29) is 29.5 Å². The number of methoxy groups -OCH3 is 1. The molecule has 2 heterocycles. The first-order chi connectivity index (χ1) is 15.3. The third kappa shape index (κ3) is 3.88. The number of aromatic nitrogens is 5. The van der Waals surface area contributed by atoms with Crippen LogP contribution in [0.3, 0.4) is 0 Å². The molecule has 1 saturated carbocycles. The first-order valence-corrected chi connectivity index (χ1v) is 11.3. The lowest BCUT2D eigenvalue weighted by atomic mass is 9.96. The molecule has 9 heteroatoms. The summed E-state index contributed by atoms with van der Waals surface area (Å²) in [5, 5.41) is 8.68. The summed E-state index contributed by atoms with van der Waals surface area (Å²) in [6.07, 6.45) is 5.47. The molecule has 0 amide bonds. The number of carbonyl (C=O) groups is 1. The maximum Gasteiger partial charge on any atom is 0.270 e. The lowest BCUT2D eigenvalue weighted by Crippen LogP contribution is -2.29. The Labute approximate surface area is 191 Å². The highest BCUT2D eigenvalue weighted by molar-refractivity contribution is 6.32. The van der Waals surface area contributed by atoms with Crippen LogP contribution in [-0.2, 0) is 13.5 Å². The fourth-order valence-electron chi connectivity index (χ4n) is 4.57. The summed E-state index contributed by atoms with van der Waals surface area (Å²) >= 11 is 6.37. The van der Waals surface area contributed by atoms with E-state index in [2.05, 4.69) is 10.3 Å². The number of Topliss-reactive ketones (excluding diaryl/α,β-unsaturated/α-hetero) is 1. The Morgan fingerprint density at radius 1 is 1.19 bits per heavy atom. The fourth-order valence-corrected chi connectivity index (χ4v) is 4.82. The molecule has 1 fully saturated rings. The normalized spacial score (nSPS) is 14.7. The van der Waals surface area contributed by atoms with Crippen molar-refractivity contribution in [2.45, 2.75) is 58.4 Å². The van der Waals surface area contributed by atoms with Gasteiger partial charge < -0.3 is 4.74 Å². The Bertz CT molecular complexity index is 1220. The predicted molar refractivity (Wildman–Crippen MR) is 122 cm³/mol. The van der Waals surface area contributed by atoms with Crippen LogP contribution in [0.15, 0.2) is 23.0 Å². The number of halogens is 1. The minimum atomic E-state index is -0.236. The van der Waals surface area contributed by atoms with Crippen LogP contribution >= 0.6 is 11.6 Å². The van der Waals surface area contributed by atoms with Crippen molar-refractivity contribution in [2.75, 3.05) is 7.11 Å². The van der Waals surface area contributed by atoms with Gasteiger partial charge in [-0.2, -0.15) is 0 Å². The van der Waals surface area contributed by atoms with E-state index in [1.165, 1.54) is 11.1 Å². The molecule has 0 bridgehead atoms. The number of benzene rings is 1. The van der Waals surface area contributed by atoms with Crippen molar-refractivity contribution in [3.8, 4) is 11.4 Å². The number of hydrogen-bond acceptors (Lipinski definition) is 5. The molecule has 0 radical (unpaired) electrons. The van der Waals surface area contributed by atoms with Crippen LogP contribution in [0.2, 0.25) is 5.02 Å². The van der Waals surface area contributed by atoms with Gasteiger partial charge in [0.15, 0.2) is 11.5 Å². The van der Waals surface area contributed by atoms with E-state index < -0.39 is 0 Å². The van der Waals surface area contributed by atoms with Crippen LogP contribution in [0, 0.1) is 13.8 Å². The van der Waals surface area contributed by atoms with Crippen LogP contribution < -0.4 is 10.3 Å². The molecule has 0 atom stereocenters. The van der Waals surface area contributed by atoms with Gasteiger partial charge in [-0.15, -0.1) is 5.10 Å². The zero-order valence-corrected chi connectivity index (χ0v) is 19.6. The Hall–Kier alpha value is -2.87. The molecule has 1 aliphatic rings. The van der Waals surface area contributed by atoms with E-state index in [1.54, 1.807) is 32.2 Å². The van der Waals surface area contributed by atoms with Crippen molar-refractivity contribution >= 4 is 17.4 Å². The maximum atomic E-state index is 13.2. The van der Waals surface area contributed by atoms with E-state index >= 15 is 0 Å². The first kappa shape index (κ1) is 22.3. The predicted octanol–water partition coefficient (Wildman–Crippen LogP) is 3.98. The summed E-state index contributed by atoms with van der Waals surface area (Å²) in [6.45, 7) is 3.66. The van der Waals surface area contributed by atoms with Gasteiger partial charge in [0.25, 0.3) is 5.56 Å². The number of hydrogen-bond donors (Lipinski definition) is 0. The van der Waals surface area contributed by atoms with Crippen molar-refractivity contribution in [3.05, 3.63) is 56.2 Å². The van der Waals surface area contributed by atoms with Gasteiger partial charge in [0.1, 0.15) is 5.75 Å². The average Bonchev–Trinajstić information content (AvgIpc) is 3.27. The summed E-state index contributed by atoms with van der Waals surface area (Å²) in [5.41, 5.74) is 2.68. The van der Waals surface area contributed by atoms with Crippen molar-refractivity contribution in [1.29, 1.82) is 0 Å². The second-order valence-corrected chi connectivity index (χ2v) is 8.79. The highest BCUT2D eigenvalue weighted by Crippen LogP contribution is 2.28. The largest absolute Gasteiger partial charge is 0.497 e. The molecule has 32 heavy (non-hydrogen) atoms. The Kier molecular flexibility index (Phi) is 6.24. The molecule has 0 N–H and O–H groups in total. The van der Waals surface area contributed by atoms with Gasteiger partial charge in [-0.25, -0.2) is 9.36 Å². The minimum Gasteiger partial charge on any atom is -0.497 e. The van der Waals surface area contributed by atoms with Gasteiger partial charge in [0.05, 0.1) is 29.6 Å². The first-order valence-electron chi connectivity index (χ1n) is 10.9. The molecule has 1 aliphatic carbocycles. The summed E-state index contributed by atoms with van der Waals surface area (Å²) in [5.74, 6) is 0.390. The van der Waals surface area contributed by atoms with Crippen LogP contribution in [0.4, 0.5) is 0 Å². The van der Waals surface area contributed by atoms with E-state index in [1.807, 2.05) is 23.3 Å². The number of rotatable bonds is 6. The Balaban J connectivity index is 1.63. The van der Waals surface area contributed by atoms with Crippen molar-refractivity contribution in [3.63, 3.8) is 0 Å². The van der Waals surface area contributed by atoms with E-state index in [9.17, 15) is 9.59 Å². The standard InChI is InChI=1S/C23H28ClN5O3/c1-14-18(23(31)29(27(14)3)16-8-6-5-7-9-16)13-21(30)22-15(2)28(26-25-22)20-11-10-17(32-4)12-19(20)24/h10-12,16H,5-9,13H2,1-4H3. The van der Waals surface area contributed by atoms with E-state index in [0.717, 1.165) is 31.4 Å². The lowest BCUT2D eigenvalue weighted by molar-refractivity contribution is 0.0987. The highest BCUT2D eigenvalue weighted by atomic mass is 35.5. The molecule has 0 unspecified atom stereocenters. The minimum absolute atomic E-state index is 0.00585. The molecular formula is C23H28ClN5O3. The van der Waals surface area contributed by atoms with E-state index in [0.29, 0.717) is 27.7 Å². The van der Waals surface area contributed by atoms with Crippen LogP contribution in [-0.4, -0.2) is 37.3 Å². The summed E-state index contributed by atoms with van der Waals surface area (Å²) < 4.78 is 10.5. The molecular weight excluding hydrogens is 430 g/mol. The van der Waals surface area contributed by atoms with Gasteiger partial charge in [0, 0.05) is 30.8 Å². The van der Waals surface area contributed by atoms with Crippen LogP contribution in [0.5, 0.6) is 5.75 Å². The average molecular weight is 458 g/mol. The zero-order valence-electron chi connectivity index (χ0n) is 18.9. The molecule has 2 aromatic heterocycles. The highest BCUT2D eigenvalue weighted by Gasteiger charge is 2.26. The molecule has 8 nitrogen and oxygen atoms in total. The van der Waals surface area contributed by atoms with Gasteiger partial charge in [-0.3, -0.25) is 14.3 Å². The van der Waals surface area contributed by atoms with Gasteiger partial charge in [-0.1, -0.05) is 36.1 Å². The monoisotopic (exact) mass is 457 g/mol. The zero-order chi connectivity index (χ0) is 23.0. The van der Waals surface area contributed by atoms with Gasteiger partial charge in [0.2, 0.25) is 0 Å². The molecule has 0 saturated heterocycles. The van der Waals surface area contributed by atoms with Crippen LogP contribution in [0.1, 0.15) is 65.6 Å². The van der Waals surface area contributed by atoms with Gasteiger partial charge >= 0.3 is 0 Å². The molecule has 0 spiro atoms. The third-order valence-corrected chi connectivity index (χ3v) is 6.81. The molecule has 0 aliphatic heterocycles. The number of ketones is 1. The Morgan fingerprint density at radius 3 is 2.56 bits per heavy atom. The number of ether oxygens (including phenoxy) is 1. The van der Waals surface area contributed by atoms with E-state index in [4.69, 9.17) is 16.3 Å². The Morgan fingerprint density at radius 2 is 1.91 bits per heavy atom. The second-order valence-electron chi connectivity index (χ2n) is 8.38. The quantitative estimate of drug-likeness (QED) is 0.523. The maximum absolute atomic E-state index is 13.2. The molecule has 170 valence electrons. The topological polar surface area (TPSA) is 83.9 Å². The molecule has 1 aromatic carbocycles. The van der Waals surface area contributed by atoms with Crippen LogP contribution in [0.25, 0.3) is 5.69 Å². The fraction of sp³-hybridized carbons (Fsp3) is 0.478. The summed E-state index contributed by atoms with van der Waals surface area (Å²) in [4.78, 5) is 26.4. The van der Waals surface area contributed by atoms with Gasteiger partial charge in [-0.05, 0) is 38.8 Å². The second kappa shape index (κ2) is 8.94. The third-order valence-electron chi connectivity index (χ3n) is 6.51. The molecule has 4 rings (SSSR count). The lowest BCUT2D eigenvalue weighted by Gasteiger charge is -2.24. The SMILES string of the molecule is COc1ccc(-n2nnc(C(=O)Cc3c(C)n(C)n(C4CCCCC4)c3=O)c2C)c(Cl)c1. The summed E-state index contributed by atoms with van der Waals surface area (Å²) in [7, 11) is 3.46. The number of carbonyl (C=O) groups excluding carboxylic acids is 1. The van der Waals surface area contributed by atoms with Crippen molar-refractivity contribution in [1.82, 2.24) is 24.4 Å². The smallest absolute Gasteiger partial charge is 0.270 e. The van der Waals surface area contributed by atoms with Crippen molar-refractivity contribution < 1.29 is 9.53 Å². The number of nitrogens with zero attached hydrogens (tertiary/aromatic N) is 5. The summed E-state index contributed by atoms with van der Waals surface area (Å²) in [6, 6.07) is 5.41.